The predicted molar refractivity (Wildman–Crippen MR) is 96.7 cm³/mol. The molecule has 130 valence electrons. The molecule has 2 N–H and O–H groups in total. The van der Waals surface area contributed by atoms with E-state index in [1.165, 1.54) is 5.56 Å². The smallest absolute Gasteiger partial charge is 0.253 e. The minimum absolute atomic E-state index is 0.0185. The third-order valence-corrected chi connectivity index (χ3v) is 4.98. The molecule has 1 unspecified atom stereocenters. The molecule has 2 aliphatic rings. The zero-order valence-corrected chi connectivity index (χ0v) is 14.5. The summed E-state index contributed by atoms with van der Waals surface area (Å²) in [4.78, 5) is 19.1. The molecule has 0 spiro atoms. The van der Waals surface area contributed by atoms with Crippen molar-refractivity contribution in [2.75, 3.05) is 19.6 Å². The fourth-order valence-corrected chi connectivity index (χ4v) is 3.73. The van der Waals surface area contributed by atoms with Crippen molar-refractivity contribution >= 4 is 5.91 Å². The standard InChI is InChI=1S/C20H23N3O2/c1-13-8-15-10-16(12-21)25-19(15)17(9-13)18-11-14(4-5-22-18)20(24)23-6-2-3-7-23/h4-5,8-9,11,16H,2-3,6-7,10,12,21H2,1H3. The van der Waals surface area contributed by atoms with Crippen LogP contribution in [0.3, 0.4) is 0 Å². The summed E-state index contributed by atoms with van der Waals surface area (Å²) < 4.78 is 6.04. The summed E-state index contributed by atoms with van der Waals surface area (Å²) in [5.74, 6) is 0.950. The Morgan fingerprint density at radius 3 is 2.88 bits per heavy atom. The number of amides is 1. The number of rotatable bonds is 3. The molecule has 0 saturated carbocycles. The number of aryl methyl sites for hydroxylation is 1. The molecule has 5 nitrogen and oxygen atoms in total. The van der Waals surface area contributed by atoms with E-state index in [2.05, 4.69) is 24.0 Å². The molecule has 3 heterocycles. The number of fused-ring (bicyclic) bond motifs is 1. The van der Waals surface area contributed by atoms with Crippen molar-refractivity contribution in [2.24, 2.45) is 5.73 Å². The molecule has 5 heteroatoms. The number of likely N-dealkylation sites (tertiary alicyclic amines) is 1. The summed E-state index contributed by atoms with van der Waals surface area (Å²) in [6.07, 6.45) is 4.73. The topological polar surface area (TPSA) is 68.5 Å². The van der Waals surface area contributed by atoms with Gasteiger partial charge < -0.3 is 15.4 Å². The molecule has 0 aliphatic carbocycles. The lowest BCUT2D eigenvalue weighted by molar-refractivity contribution is 0.0792. The van der Waals surface area contributed by atoms with Crippen LogP contribution in [-0.4, -0.2) is 41.5 Å². The third kappa shape index (κ3) is 3.00. The Balaban J connectivity index is 1.72. The second-order valence-corrected chi connectivity index (χ2v) is 6.91. The zero-order chi connectivity index (χ0) is 17.4. The monoisotopic (exact) mass is 337 g/mol. The molecule has 1 aromatic heterocycles. The Kier molecular flexibility index (Phi) is 4.17. The molecular formula is C20H23N3O2. The van der Waals surface area contributed by atoms with E-state index in [9.17, 15) is 4.79 Å². The van der Waals surface area contributed by atoms with E-state index >= 15 is 0 Å². The Morgan fingerprint density at radius 1 is 1.32 bits per heavy atom. The number of pyridine rings is 1. The Bertz CT molecular complexity index is 813. The number of nitrogens with two attached hydrogens (primary N) is 1. The zero-order valence-electron chi connectivity index (χ0n) is 14.5. The molecule has 1 amide bonds. The van der Waals surface area contributed by atoms with Crippen LogP contribution in [0.5, 0.6) is 5.75 Å². The lowest BCUT2D eigenvalue weighted by atomic mass is 9.99. The van der Waals surface area contributed by atoms with Gasteiger partial charge in [0.2, 0.25) is 0 Å². The van der Waals surface area contributed by atoms with Gasteiger partial charge in [-0.2, -0.15) is 0 Å². The van der Waals surface area contributed by atoms with Gasteiger partial charge in [-0.25, -0.2) is 0 Å². The van der Waals surface area contributed by atoms with Crippen molar-refractivity contribution in [2.45, 2.75) is 32.3 Å². The first-order valence-corrected chi connectivity index (χ1v) is 8.91. The molecular weight excluding hydrogens is 314 g/mol. The highest BCUT2D eigenvalue weighted by Crippen LogP contribution is 2.39. The van der Waals surface area contributed by atoms with Crippen molar-refractivity contribution in [1.82, 2.24) is 9.88 Å². The van der Waals surface area contributed by atoms with Gasteiger partial charge >= 0.3 is 0 Å². The van der Waals surface area contributed by atoms with Crippen LogP contribution in [0.1, 0.15) is 34.3 Å². The molecule has 1 saturated heterocycles. The van der Waals surface area contributed by atoms with Crippen LogP contribution in [0.2, 0.25) is 0 Å². The molecule has 1 aromatic carbocycles. The van der Waals surface area contributed by atoms with Crippen LogP contribution >= 0.6 is 0 Å². The van der Waals surface area contributed by atoms with Crippen molar-refractivity contribution in [3.63, 3.8) is 0 Å². The highest BCUT2D eigenvalue weighted by molar-refractivity contribution is 5.95. The van der Waals surface area contributed by atoms with Gasteiger partial charge in [-0.3, -0.25) is 9.78 Å². The van der Waals surface area contributed by atoms with E-state index in [-0.39, 0.29) is 12.0 Å². The second-order valence-electron chi connectivity index (χ2n) is 6.91. The summed E-state index contributed by atoms with van der Waals surface area (Å²) in [6.45, 7) is 4.25. The lowest BCUT2D eigenvalue weighted by Crippen LogP contribution is -2.27. The van der Waals surface area contributed by atoms with E-state index in [0.29, 0.717) is 12.1 Å². The molecule has 4 rings (SSSR count). The van der Waals surface area contributed by atoms with Crippen molar-refractivity contribution in [3.05, 3.63) is 47.2 Å². The number of nitrogens with zero attached hydrogens (tertiary/aromatic N) is 2. The molecule has 2 aromatic rings. The van der Waals surface area contributed by atoms with Crippen LogP contribution in [0, 0.1) is 6.92 Å². The van der Waals surface area contributed by atoms with Gasteiger partial charge in [-0.05, 0) is 49.1 Å². The number of aromatic nitrogens is 1. The number of hydrogen-bond acceptors (Lipinski definition) is 4. The first-order valence-electron chi connectivity index (χ1n) is 8.91. The van der Waals surface area contributed by atoms with E-state index in [0.717, 1.165) is 54.9 Å². The molecule has 25 heavy (non-hydrogen) atoms. The molecule has 1 atom stereocenters. The summed E-state index contributed by atoms with van der Waals surface area (Å²) in [7, 11) is 0. The van der Waals surface area contributed by atoms with Gasteiger partial charge in [-0.15, -0.1) is 0 Å². The number of ether oxygens (including phenoxy) is 1. The average Bonchev–Trinajstić information content (AvgIpc) is 3.29. The largest absolute Gasteiger partial charge is 0.488 e. The summed E-state index contributed by atoms with van der Waals surface area (Å²) >= 11 is 0. The minimum Gasteiger partial charge on any atom is -0.488 e. The Hall–Kier alpha value is -2.40. The van der Waals surface area contributed by atoms with Crippen LogP contribution in [0.4, 0.5) is 0 Å². The van der Waals surface area contributed by atoms with Gasteiger partial charge in [-0.1, -0.05) is 6.07 Å². The second kappa shape index (κ2) is 6.48. The van der Waals surface area contributed by atoms with Crippen LogP contribution in [0.15, 0.2) is 30.5 Å². The van der Waals surface area contributed by atoms with Crippen LogP contribution in [0.25, 0.3) is 11.3 Å². The maximum atomic E-state index is 12.7. The molecule has 0 bridgehead atoms. The van der Waals surface area contributed by atoms with Crippen LogP contribution < -0.4 is 10.5 Å². The van der Waals surface area contributed by atoms with E-state index < -0.39 is 0 Å². The van der Waals surface area contributed by atoms with Gasteiger partial charge in [0.1, 0.15) is 11.9 Å². The van der Waals surface area contributed by atoms with Crippen LogP contribution in [-0.2, 0) is 6.42 Å². The molecule has 2 aliphatic heterocycles. The quantitative estimate of drug-likeness (QED) is 0.934. The highest BCUT2D eigenvalue weighted by atomic mass is 16.5. The van der Waals surface area contributed by atoms with Gasteiger partial charge in [0, 0.05) is 43.4 Å². The molecule has 0 radical (unpaired) electrons. The van der Waals surface area contributed by atoms with Gasteiger partial charge in [0.25, 0.3) is 5.91 Å². The number of hydrogen-bond donors (Lipinski definition) is 1. The average molecular weight is 337 g/mol. The van der Waals surface area contributed by atoms with E-state index in [1.54, 1.807) is 12.3 Å². The number of carbonyl (C=O) groups excluding carboxylic acids is 1. The van der Waals surface area contributed by atoms with E-state index in [1.807, 2.05) is 11.0 Å². The normalized spacial score (nSPS) is 19.0. The van der Waals surface area contributed by atoms with Crippen molar-refractivity contribution < 1.29 is 9.53 Å². The SMILES string of the molecule is Cc1cc2c(c(-c3cc(C(=O)N4CCCC4)ccn3)c1)OC(CN)C2. The van der Waals surface area contributed by atoms with Gasteiger partial charge in [0.05, 0.1) is 5.69 Å². The van der Waals surface area contributed by atoms with Gasteiger partial charge in [0.15, 0.2) is 0 Å². The minimum atomic E-state index is 0.0185. The summed E-state index contributed by atoms with van der Waals surface area (Å²) in [6, 6.07) is 7.90. The number of benzene rings is 1. The van der Waals surface area contributed by atoms with Crippen molar-refractivity contribution in [3.8, 4) is 17.0 Å². The predicted octanol–water partition coefficient (Wildman–Crippen LogP) is 2.56. The molecule has 1 fully saturated rings. The van der Waals surface area contributed by atoms with Crippen molar-refractivity contribution in [1.29, 1.82) is 0 Å². The summed E-state index contributed by atoms with van der Waals surface area (Å²) in [5.41, 5.74) is 10.5. The maximum absolute atomic E-state index is 12.7. The fourth-order valence-electron chi connectivity index (χ4n) is 3.73. The fraction of sp³-hybridized carbons (Fsp3) is 0.400. The van der Waals surface area contributed by atoms with E-state index in [4.69, 9.17) is 10.5 Å². The highest BCUT2D eigenvalue weighted by Gasteiger charge is 2.26. The third-order valence-electron chi connectivity index (χ3n) is 4.98. The first kappa shape index (κ1) is 16.1. The first-order chi connectivity index (χ1) is 12.2. The maximum Gasteiger partial charge on any atom is 0.253 e. The number of carbonyl (C=O) groups is 1. The Morgan fingerprint density at radius 2 is 2.12 bits per heavy atom. The summed E-state index contributed by atoms with van der Waals surface area (Å²) in [5, 5.41) is 0. The Labute approximate surface area is 147 Å². The lowest BCUT2D eigenvalue weighted by Gasteiger charge is -2.16.